The third kappa shape index (κ3) is 3.14. The fourth-order valence-electron chi connectivity index (χ4n) is 1.93. The van der Waals surface area contributed by atoms with Crippen molar-refractivity contribution < 1.29 is 19.2 Å². The van der Waals surface area contributed by atoms with Crippen LogP contribution in [0.25, 0.3) is 0 Å². The Labute approximate surface area is 126 Å². The van der Waals surface area contributed by atoms with Crippen LogP contribution in [0.4, 0.5) is 17.1 Å². The quantitative estimate of drug-likeness (QED) is 0.518. The maximum Gasteiger partial charge on any atom is 0.340 e. The van der Waals surface area contributed by atoms with Gasteiger partial charge in [0.1, 0.15) is 5.75 Å². The number of nitro benzene ring substituents is 1. The van der Waals surface area contributed by atoms with Crippen molar-refractivity contribution in [2.45, 2.75) is 0 Å². The van der Waals surface area contributed by atoms with Crippen LogP contribution in [-0.2, 0) is 4.74 Å². The number of rotatable bonds is 5. The monoisotopic (exact) mass is 302 g/mol. The number of methoxy groups -OCH3 is 2. The standard InChI is InChI=1S/C15H14N2O5/c1-21-14-6-4-3-5-13(14)16-12-8-7-10(17(19)20)9-11(12)15(18)22-2/h3-9,16H,1-2H3. The third-order valence-corrected chi connectivity index (χ3v) is 3.00. The van der Waals surface area contributed by atoms with E-state index >= 15 is 0 Å². The lowest BCUT2D eigenvalue weighted by Gasteiger charge is -2.13. The molecule has 0 radical (unpaired) electrons. The second-order valence-corrected chi connectivity index (χ2v) is 4.30. The van der Waals surface area contributed by atoms with Gasteiger partial charge in [0.25, 0.3) is 5.69 Å². The summed E-state index contributed by atoms with van der Waals surface area (Å²) in [7, 11) is 2.74. The van der Waals surface area contributed by atoms with E-state index in [1.807, 2.05) is 0 Å². The Bertz CT molecular complexity index is 715. The summed E-state index contributed by atoms with van der Waals surface area (Å²) in [4.78, 5) is 22.1. The Morgan fingerprint density at radius 2 is 1.86 bits per heavy atom. The van der Waals surface area contributed by atoms with Crippen LogP contribution in [0.3, 0.4) is 0 Å². The lowest BCUT2D eigenvalue weighted by Crippen LogP contribution is -2.07. The number of non-ortho nitro benzene ring substituents is 1. The van der Waals surface area contributed by atoms with Gasteiger partial charge in [-0.15, -0.1) is 0 Å². The molecule has 2 rings (SSSR count). The SMILES string of the molecule is COC(=O)c1cc([N+](=O)[O-])ccc1Nc1ccccc1OC. The van der Waals surface area contributed by atoms with Crippen molar-refractivity contribution in [3.05, 3.63) is 58.1 Å². The first-order valence-corrected chi connectivity index (χ1v) is 6.33. The summed E-state index contributed by atoms with van der Waals surface area (Å²) < 4.78 is 9.89. The number of hydrogen-bond acceptors (Lipinski definition) is 6. The van der Waals surface area contributed by atoms with E-state index in [4.69, 9.17) is 4.74 Å². The lowest BCUT2D eigenvalue weighted by atomic mass is 10.1. The Hall–Kier alpha value is -3.09. The molecule has 0 aliphatic carbocycles. The van der Waals surface area contributed by atoms with Gasteiger partial charge in [-0.1, -0.05) is 12.1 Å². The number of para-hydroxylation sites is 2. The van der Waals surface area contributed by atoms with Crippen LogP contribution in [0.1, 0.15) is 10.4 Å². The van der Waals surface area contributed by atoms with Gasteiger partial charge in [0.05, 0.1) is 36.1 Å². The Morgan fingerprint density at radius 1 is 1.14 bits per heavy atom. The second kappa shape index (κ2) is 6.57. The number of carbonyl (C=O) groups excluding carboxylic acids is 1. The van der Waals surface area contributed by atoms with Gasteiger partial charge in [0, 0.05) is 12.1 Å². The van der Waals surface area contributed by atoms with Crippen LogP contribution in [0.15, 0.2) is 42.5 Å². The molecule has 0 saturated heterocycles. The summed E-state index contributed by atoms with van der Waals surface area (Å²) >= 11 is 0. The maximum atomic E-state index is 11.8. The van der Waals surface area contributed by atoms with Crippen molar-refractivity contribution in [1.29, 1.82) is 0 Å². The van der Waals surface area contributed by atoms with Crippen molar-refractivity contribution in [2.75, 3.05) is 19.5 Å². The van der Waals surface area contributed by atoms with E-state index in [0.29, 0.717) is 17.1 Å². The van der Waals surface area contributed by atoms with Gasteiger partial charge < -0.3 is 14.8 Å². The maximum absolute atomic E-state index is 11.8. The average Bonchev–Trinajstić information content (AvgIpc) is 2.54. The molecule has 7 heteroatoms. The van der Waals surface area contributed by atoms with E-state index < -0.39 is 10.9 Å². The highest BCUT2D eigenvalue weighted by Gasteiger charge is 2.18. The van der Waals surface area contributed by atoms with Gasteiger partial charge in [-0.25, -0.2) is 4.79 Å². The molecule has 0 spiro atoms. The third-order valence-electron chi connectivity index (χ3n) is 3.00. The van der Waals surface area contributed by atoms with Gasteiger partial charge in [-0.3, -0.25) is 10.1 Å². The first-order valence-electron chi connectivity index (χ1n) is 6.33. The van der Waals surface area contributed by atoms with Crippen LogP contribution < -0.4 is 10.1 Å². The number of benzene rings is 2. The molecular weight excluding hydrogens is 288 g/mol. The van der Waals surface area contributed by atoms with Gasteiger partial charge >= 0.3 is 5.97 Å². The normalized spacial score (nSPS) is 9.91. The molecule has 2 aromatic rings. The summed E-state index contributed by atoms with van der Waals surface area (Å²) in [5.41, 5.74) is 0.902. The predicted octanol–water partition coefficient (Wildman–Crippen LogP) is 3.13. The van der Waals surface area contributed by atoms with E-state index in [9.17, 15) is 14.9 Å². The largest absolute Gasteiger partial charge is 0.495 e. The van der Waals surface area contributed by atoms with Crippen LogP contribution in [0.5, 0.6) is 5.75 Å². The average molecular weight is 302 g/mol. The van der Waals surface area contributed by atoms with Crippen molar-refractivity contribution >= 4 is 23.0 Å². The minimum absolute atomic E-state index is 0.0719. The summed E-state index contributed by atoms with van der Waals surface area (Å²) in [5, 5.41) is 13.9. The number of anilines is 2. The highest BCUT2D eigenvalue weighted by atomic mass is 16.6. The van der Waals surface area contributed by atoms with Crippen molar-refractivity contribution in [2.24, 2.45) is 0 Å². The zero-order valence-corrected chi connectivity index (χ0v) is 12.0. The summed E-state index contributed by atoms with van der Waals surface area (Å²) in [6, 6.07) is 11.1. The minimum atomic E-state index is -0.666. The molecule has 0 heterocycles. The molecule has 0 saturated carbocycles. The number of nitro groups is 1. The van der Waals surface area contributed by atoms with Crippen molar-refractivity contribution in [3.63, 3.8) is 0 Å². The minimum Gasteiger partial charge on any atom is -0.495 e. The lowest BCUT2D eigenvalue weighted by molar-refractivity contribution is -0.384. The molecule has 2 aromatic carbocycles. The molecule has 1 N–H and O–H groups in total. The van der Waals surface area contributed by atoms with E-state index in [0.717, 1.165) is 0 Å². The zero-order chi connectivity index (χ0) is 16.1. The number of nitrogens with zero attached hydrogens (tertiary/aromatic N) is 1. The highest BCUT2D eigenvalue weighted by molar-refractivity contribution is 5.97. The summed E-state index contributed by atoms with van der Waals surface area (Å²) in [6.07, 6.45) is 0. The van der Waals surface area contributed by atoms with E-state index in [-0.39, 0.29) is 11.3 Å². The number of nitrogens with one attached hydrogen (secondary N) is 1. The predicted molar refractivity (Wildman–Crippen MR) is 80.7 cm³/mol. The molecule has 22 heavy (non-hydrogen) atoms. The van der Waals surface area contributed by atoms with Crippen LogP contribution >= 0.6 is 0 Å². The molecule has 0 aliphatic rings. The van der Waals surface area contributed by atoms with Gasteiger partial charge in [-0.05, 0) is 18.2 Å². The van der Waals surface area contributed by atoms with E-state index in [1.54, 1.807) is 24.3 Å². The van der Waals surface area contributed by atoms with Crippen LogP contribution in [0.2, 0.25) is 0 Å². The fourth-order valence-corrected chi connectivity index (χ4v) is 1.93. The van der Waals surface area contributed by atoms with Gasteiger partial charge in [-0.2, -0.15) is 0 Å². The molecule has 7 nitrogen and oxygen atoms in total. The topological polar surface area (TPSA) is 90.7 Å². The van der Waals surface area contributed by atoms with Crippen molar-refractivity contribution in [3.8, 4) is 5.75 Å². The number of ether oxygens (including phenoxy) is 2. The fraction of sp³-hybridized carbons (Fsp3) is 0.133. The second-order valence-electron chi connectivity index (χ2n) is 4.30. The van der Waals surface area contributed by atoms with Gasteiger partial charge in [0.2, 0.25) is 0 Å². The Kier molecular flexibility index (Phi) is 4.57. The Balaban J connectivity index is 2.46. The van der Waals surface area contributed by atoms with Crippen molar-refractivity contribution in [1.82, 2.24) is 0 Å². The molecule has 0 unspecified atom stereocenters. The summed E-state index contributed by atoms with van der Waals surface area (Å²) in [5.74, 6) is -0.0854. The number of hydrogen-bond donors (Lipinski definition) is 1. The first-order chi connectivity index (χ1) is 10.6. The van der Waals surface area contributed by atoms with Crippen LogP contribution in [0, 0.1) is 10.1 Å². The smallest absolute Gasteiger partial charge is 0.340 e. The zero-order valence-electron chi connectivity index (χ0n) is 12.0. The first kappa shape index (κ1) is 15.3. The molecule has 114 valence electrons. The van der Waals surface area contributed by atoms with E-state index in [1.165, 1.54) is 32.4 Å². The highest BCUT2D eigenvalue weighted by Crippen LogP contribution is 2.30. The summed E-state index contributed by atoms with van der Waals surface area (Å²) in [6.45, 7) is 0. The molecular formula is C15H14N2O5. The number of esters is 1. The molecule has 0 bridgehead atoms. The molecule has 0 aliphatic heterocycles. The number of carbonyl (C=O) groups is 1. The Morgan fingerprint density at radius 3 is 2.50 bits per heavy atom. The van der Waals surface area contributed by atoms with Crippen LogP contribution in [-0.4, -0.2) is 25.1 Å². The van der Waals surface area contributed by atoms with E-state index in [2.05, 4.69) is 10.1 Å². The molecule has 0 fully saturated rings. The molecule has 0 amide bonds. The van der Waals surface area contributed by atoms with Gasteiger partial charge in [0.15, 0.2) is 0 Å². The molecule has 0 atom stereocenters. The molecule has 0 aromatic heterocycles.